The number of aromatic nitrogens is 1. The number of aliphatic hydroxyl groups is 1. The Bertz CT molecular complexity index is 643. The molecule has 2 aromatic rings. The second-order valence-corrected chi connectivity index (χ2v) is 5.44. The third-order valence-corrected chi connectivity index (χ3v) is 3.28. The first-order valence-electron chi connectivity index (χ1n) is 6.92. The van der Waals surface area contributed by atoms with E-state index in [4.69, 9.17) is 0 Å². The summed E-state index contributed by atoms with van der Waals surface area (Å²) in [5, 5.41) is 24.3. The van der Waals surface area contributed by atoms with E-state index in [2.05, 4.69) is 24.1 Å². The van der Waals surface area contributed by atoms with Gasteiger partial charge in [0.05, 0.1) is 22.6 Å². The summed E-state index contributed by atoms with van der Waals surface area (Å²) in [6.45, 7) is 4.16. The zero-order chi connectivity index (χ0) is 15.4. The molecule has 0 aliphatic carbocycles. The first-order valence-corrected chi connectivity index (χ1v) is 6.92. The highest BCUT2D eigenvalue weighted by Crippen LogP contribution is 2.30. The number of hydrogen-bond donors (Lipinski definition) is 2. The van der Waals surface area contributed by atoms with Gasteiger partial charge in [0.25, 0.3) is 5.69 Å². The number of fused-ring (bicyclic) bond motifs is 1. The number of hydrogen-bond acceptors (Lipinski definition) is 5. The Morgan fingerprint density at radius 1 is 1.38 bits per heavy atom. The van der Waals surface area contributed by atoms with E-state index in [1.54, 1.807) is 24.4 Å². The Labute approximate surface area is 123 Å². The molecule has 0 bridgehead atoms. The maximum absolute atomic E-state index is 11.1. The summed E-state index contributed by atoms with van der Waals surface area (Å²) in [5.74, 6) is 0.437. The van der Waals surface area contributed by atoms with Gasteiger partial charge in [0.15, 0.2) is 0 Å². The van der Waals surface area contributed by atoms with E-state index in [0.29, 0.717) is 22.5 Å². The lowest BCUT2D eigenvalue weighted by molar-refractivity contribution is -0.383. The van der Waals surface area contributed by atoms with Crippen molar-refractivity contribution >= 4 is 22.3 Å². The normalized spacial score (nSPS) is 12.6. The molecule has 0 saturated heterocycles. The minimum absolute atomic E-state index is 0.00347. The van der Waals surface area contributed by atoms with Crippen molar-refractivity contribution in [2.24, 2.45) is 5.92 Å². The molecule has 112 valence electrons. The second-order valence-electron chi connectivity index (χ2n) is 5.44. The summed E-state index contributed by atoms with van der Waals surface area (Å²) < 4.78 is 0. The number of benzene rings is 1. The van der Waals surface area contributed by atoms with Gasteiger partial charge in [-0.3, -0.25) is 15.1 Å². The first-order chi connectivity index (χ1) is 10.0. The molecule has 0 aliphatic heterocycles. The third-order valence-electron chi connectivity index (χ3n) is 3.28. The number of anilines is 1. The van der Waals surface area contributed by atoms with Crippen LogP contribution < -0.4 is 5.32 Å². The number of pyridine rings is 1. The summed E-state index contributed by atoms with van der Waals surface area (Å²) in [6, 6.07) is 6.38. The maximum Gasteiger partial charge on any atom is 0.278 e. The minimum atomic E-state index is -0.411. The van der Waals surface area contributed by atoms with Crippen molar-refractivity contribution in [1.82, 2.24) is 4.98 Å². The average molecular weight is 289 g/mol. The van der Waals surface area contributed by atoms with Crippen molar-refractivity contribution in [3.8, 4) is 0 Å². The van der Waals surface area contributed by atoms with Gasteiger partial charge in [0.1, 0.15) is 5.52 Å². The first kappa shape index (κ1) is 15.2. The van der Waals surface area contributed by atoms with Gasteiger partial charge in [-0.25, -0.2) is 0 Å². The van der Waals surface area contributed by atoms with Crippen LogP contribution in [0.25, 0.3) is 10.9 Å². The number of non-ortho nitro benzene ring substituents is 1. The Balaban J connectivity index is 2.41. The number of nitrogens with zero attached hydrogens (tertiary/aromatic N) is 2. The van der Waals surface area contributed by atoms with Crippen LogP contribution in [0.15, 0.2) is 30.5 Å². The van der Waals surface area contributed by atoms with Gasteiger partial charge >= 0.3 is 0 Å². The van der Waals surface area contributed by atoms with Crippen molar-refractivity contribution in [1.29, 1.82) is 0 Å². The fraction of sp³-hybridized carbons (Fsp3) is 0.400. The summed E-state index contributed by atoms with van der Waals surface area (Å²) >= 11 is 0. The average Bonchev–Trinajstić information content (AvgIpc) is 2.46. The molecule has 0 radical (unpaired) electrons. The largest absolute Gasteiger partial charge is 0.394 e. The molecule has 1 atom stereocenters. The fourth-order valence-electron chi connectivity index (χ4n) is 2.40. The van der Waals surface area contributed by atoms with E-state index in [9.17, 15) is 15.2 Å². The van der Waals surface area contributed by atoms with Crippen LogP contribution in [0.3, 0.4) is 0 Å². The molecule has 0 spiro atoms. The smallest absolute Gasteiger partial charge is 0.278 e. The Morgan fingerprint density at radius 2 is 2.14 bits per heavy atom. The zero-order valence-electron chi connectivity index (χ0n) is 12.1. The van der Waals surface area contributed by atoms with E-state index in [0.717, 1.165) is 6.42 Å². The molecular weight excluding hydrogens is 270 g/mol. The van der Waals surface area contributed by atoms with E-state index >= 15 is 0 Å². The van der Waals surface area contributed by atoms with Gasteiger partial charge in [-0.15, -0.1) is 0 Å². The topological polar surface area (TPSA) is 88.3 Å². The Kier molecular flexibility index (Phi) is 4.70. The molecule has 0 fully saturated rings. The highest BCUT2D eigenvalue weighted by atomic mass is 16.6. The maximum atomic E-state index is 11.1. The summed E-state index contributed by atoms with van der Waals surface area (Å²) in [6.07, 6.45) is 2.41. The number of nitro groups is 1. The molecule has 1 aromatic carbocycles. The highest BCUT2D eigenvalue weighted by molar-refractivity contribution is 5.96. The number of nitrogens with one attached hydrogen (secondary N) is 1. The third kappa shape index (κ3) is 3.46. The molecule has 2 rings (SSSR count). The van der Waals surface area contributed by atoms with E-state index in [1.165, 1.54) is 6.07 Å². The second kappa shape index (κ2) is 6.49. The number of nitro benzene ring substituents is 1. The molecule has 1 unspecified atom stereocenters. The van der Waals surface area contributed by atoms with Crippen LogP contribution in [0.5, 0.6) is 0 Å². The van der Waals surface area contributed by atoms with E-state index in [-0.39, 0.29) is 18.3 Å². The lowest BCUT2D eigenvalue weighted by Crippen LogP contribution is -2.25. The van der Waals surface area contributed by atoms with Crippen molar-refractivity contribution < 1.29 is 10.0 Å². The van der Waals surface area contributed by atoms with Gasteiger partial charge in [-0.1, -0.05) is 13.8 Å². The number of rotatable bonds is 6. The predicted octanol–water partition coefficient (Wildman–Crippen LogP) is 2.96. The van der Waals surface area contributed by atoms with Gasteiger partial charge in [0, 0.05) is 18.3 Å². The predicted molar refractivity (Wildman–Crippen MR) is 82.3 cm³/mol. The fourth-order valence-corrected chi connectivity index (χ4v) is 2.40. The van der Waals surface area contributed by atoms with Crippen molar-refractivity contribution in [2.75, 3.05) is 11.9 Å². The van der Waals surface area contributed by atoms with Crippen LogP contribution in [0.2, 0.25) is 0 Å². The Hall–Kier alpha value is -2.21. The molecule has 2 N–H and O–H groups in total. The quantitative estimate of drug-likeness (QED) is 0.630. The van der Waals surface area contributed by atoms with Crippen molar-refractivity contribution in [3.63, 3.8) is 0 Å². The molecule has 6 heteroatoms. The van der Waals surface area contributed by atoms with Crippen molar-refractivity contribution in [3.05, 3.63) is 40.6 Å². The SMILES string of the molecule is CC(C)CC(CO)Nc1ccc([N+](=O)[O-])c2cccnc12. The van der Waals surface area contributed by atoms with Crippen LogP contribution in [-0.2, 0) is 0 Å². The molecule has 0 saturated carbocycles. The standard InChI is InChI=1S/C15H19N3O3/c1-10(2)8-11(9-19)17-13-5-6-14(18(20)21)12-4-3-7-16-15(12)13/h3-7,10-11,17,19H,8-9H2,1-2H3. The molecular formula is C15H19N3O3. The number of aliphatic hydroxyl groups excluding tert-OH is 1. The van der Waals surface area contributed by atoms with Gasteiger partial charge < -0.3 is 10.4 Å². The molecule has 1 aromatic heterocycles. The molecule has 6 nitrogen and oxygen atoms in total. The highest BCUT2D eigenvalue weighted by Gasteiger charge is 2.17. The van der Waals surface area contributed by atoms with E-state index < -0.39 is 4.92 Å². The van der Waals surface area contributed by atoms with Gasteiger partial charge in [0.2, 0.25) is 0 Å². The molecule has 21 heavy (non-hydrogen) atoms. The van der Waals surface area contributed by atoms with Crippen LogP contribution in [0.4, 0.5) is 11.4 Å². The van der Waals surface area contributed by atoms with Gasteiger partial charge in [-0.05, 0) is 30.5 Å². The summed E-state index contributed by atoms with van der Waals surface area (Å²) in [4.78, 5) is 14.9. The molecule has 1 heterocycles. The minimum Gasteiger partial charge on any atom is -0.394 e. The van der Waals surface area contributed by atoms with Gasteiger partial charge in [-0.2, -0.15) is 0 Å². The zero-order valence-corrected chi connectivity index (χ0v) is 12.1. The van der Waals surface area contributed by atoms with Crippen LogP contribution in [0.1, 0.15) is 20.3 Å². The van der Waals surface area contributed by atoms with Crippen LogP contribution in [0, 0.1) is 16.0 Å². The molecule has 0 amide bonds. The van der Waals surface area contributed by atoms with Crippen molar-refractivity contribution in [2.45, 2.75) is 26.3 Å². The monoisotopic (exact) mass is 289 g/mol. The summed E-state index contributed by atoms with van der Waals surface area (Å²) in [5.41, 5.74) is 1.29. The molecule has 0 aliphatic rings. The summed E-state index contributed by atoms with van der Waals surface area (Å²) in [7, 11) is 0. The lowest BCUT2D eigenvalue weighted by Gasteiger charge is -2.20. The van der Waals surface area contributed by atoms with Crippen LogP contribution >= 0.6 is 0 Å². The van der Waals surface area contributed by atoms with E-state index in [1.807, 2.05) is 0 Å². The van der Waals surface area contributed by atoms with Crippen LogP contribution in [-0.4, -0.2) is 27.7 Å². The Morgan fingerprint density at radius 3 is 2.76 bits per heavy atom. The lowest BCUT2D eigenvalue weighted by atomic mass is 10.0.